The Labute approximate surface area is 114 Å². The van der Waals surface area contributed by atoms with Gasteiger partial charge in [0.1, 0.15) is 0 Å². The monoisotopic (exact) mass is 266 g/mol. The third-order valence-electron chi connectivity index (χ3n) is 4.05. The largest absolute Gasteiger partial charge is 0.332 e. The third kappa shape index (κ3) is 2.13. The molecule has 1 aromatic rings. The zero-order chi connectivity index (χ0) is 11.9. The molecule has 2 aliphatic rings. The molecular weight excluding hydrogens is 248 g/mol. The van der Waals surface area contributed by atoms with E-state index in [0.29, 0.717) is 0 Å². The van der Waals surface area contributed by atoms with E-state index in [4.69, 9.17) is 5.73 Å². The van der Waals surface area contributed by atoms with Crippen molar-refractivity contribution in [3.63, 3.8) is 0 Å². The summed E-state index contributed by atoms with van der Waals surface area (Å²) in [5, 5.41) is 0. The Morgan fingerprint density at radius 2 is 1.61 bits per heavy atom. The highest BCUT2D eigenvalue weighted by Gasteiger charge is 2.41. The average Bonchev–Trinajstić information content (AvgIpc) is 2.94. The number of carbonyl (C=O) groups is 1. The SMILES string of the molecule is Cl.NC1(C(=O)N2Cc3ccccc3C2)CCCC1. The zero-order valence-corrected chi connectivity index (χ0v) is 11.2. The minimum atomic E-state index is -0.581. The highest BCUT2D eigenvalue weighted by molar-refractivity contribution is 5.87. The van der Waals surface area contributed by atoms with Crippen LogP contribution in [0, 0.1) is 0 Å². The number of fused-ring (bicyclic) bond motifs is 1. The number of nitrogens with zero attached hydrogens (tertiary/aromatic N) is 1. The van der Waals surface area contributed by atoms with Crippen molar-refractivity contribution in [2.75, 3.05) is 0 Å². The molecule has 1 aromatic carbocycles. The molecule has 0 saturated heterocycles. The van der Waals surface area contributed by atoms with Gasteiger partial charge in [-0.25, -0.2) is 0 Å². The molecule has 0 radical (unpaired) electrons. The molecule has 98 valence electrons. The summed E-state index contributed by atoms with van der Waals surface area (Å²) in [6, 6.07) is 8.25. The Bertz CT molecular complexity index is 430. The molecule has 1 amide bonds. The van der Waals surface area contributed by atoms with Gasteiger partial charge < -0.3 is 10.6 Å². The maximum Gasteiger partial charge on any atom is 0.243 e. The molecule has 2 N–H and O–H groups in total. The summed E-state index contributed by atoms with van der Waals surface area (Å²) in [5.41, 5.74) is 8.18. The molecule has 1 aliphatic carbocycles. The lowest BCUT2D eigenvalue weighted by Crippen LogP contribution is -2.52. The van der Waals surface area contributed by atoms with E-state index >= 15 is 0 Å². The first kappa shape index (κ1) is 13.4. The molecule has 0 atom stereocenters. The number of hydrogen-bond acceptors (Lipinski definition) is 2. The summed E-state index contributed by atoms with van der Waals surface area (Å²) in [4.78, 5) is 14.4. The van der Waals surface area contributed by atoms with Gasteiger partial charge in [-0.05, 0) is 24.0 Å². The van der Waals surface area contributed by atoms with Crippen LogP contribution in [0.4, 0.5) is 0 Å². The Hall–Kier alpha value is -1.06. The predicted molar refractivity (Wildman–Crippen MR) is 73.3 cm³/mol. The number of halogens is 1. The van der Waals surface area contributed by atoms with Crippen LogP contribution in [0.3, 0.4) is 0 Å². The van der Waals surface area contributed by atoms with Crippen LogP contribution < -0.4 is 5.73 Å². The van der Waals surface area contributed by atoms with Crippen LogP contribution in [0.15, 0.2) is 24.3 Å². The van der Waals surface area contributed by atoms with Crippen molar-refractivity contribution in [2.45, 2.75) is 44.3 Å². The lowest BCUT2D eigenvalue weighted by atomic mass is 9.97. The van der Waals surface area contributed by atoms with Crippen molar-refractivity contribution < 1.29 is 4.79 Å². The molecule has 0 unspecified atom stereocenters. The number of rotatable bonds is 1. The van der Waals surface area contributed by atoms with Crippen molar-refractivity contribution >= 4 is 18.3 Å². The maximum absolute atomic E-state index is 12.4. The van der Waals surface area contributed by atoms with Crippen LogP contribution in [0.5, 0.6) is 0 Å². The van der Waals surface area contributed by atoms with Crippen LogP contribution in [0.1, 0.15) is 36.8 Å². The summed E-state index contributed by atoms with van der Waals surface area (Å²) in [6.45, 7) is 1.46. The van der Waals surface area contributed by atoms with Gasteiger partial charge in [0.2, 0.25) is 5.91 Å². The van der Waals surface area contributed by atoms with E-state index in [1.165, 1.54) is 11.1 Å². The van der Waals surface area contributed by atoms with Crippen molar-refractivity contribution in [3.05, 3.63) is 35.4 Å². The van der Waals surface area contributed by atoms with Gasteiger partial charge in [0.05, 0.1) is 5.54 Å². The van der Waals surface area contributed by atoms with E-state index < -0.39 is 5.54 Å². The van der Waals surface area contributed by atoms with Crippen LogP contribution in [0.2, 0.25) is 0 Å². The summed E-state index contributed by atoms with van der Waals surface area (Å²) in [5.74, 6) is 0.145. The second-order valence-electron chi connectivity index (χ2n) is 5.29. The third-order valence-corrected chi connectivity index (χ3v) is 4.05. The second kappa shape index (κ2) is 4.90. The smallest absolute Gasteiger partial charge is 0.243 e. The fraction of sp³-hybridized carbons (Fsp3) is 0.500. The Morgan fingerprint density at radius 1 is 1.11 bits per heavy atom. The molecule has 1 heterocycles. The second-order valence-corrected chi connectivity index (χ2v) is 5.29. The highest BCUT2D eigenvalue weighted by Crippen LogP contribution is 2.32. The Kier molecular flexibility index (Phi) is 3.64. The molecular formula is C14H19ClN2O. The maximum atomic E-state index is 12.4. The molecule has 1 saturated carbocycles. The molecule has 18 heavy (non-hydrogen) atoms. The quantitative estimate of drug-likeness (QED) is 0.847. The highest BCUT2D eigenvalue weighted by atomic mass is 35.5. The molecule has 1 fully saturated rings. The molecule has 3 rings (SSSR count). The zero-order valence-electron chi connectivity index (χ0n) is 10.4. The van der Waals surface area contributed by atoms with E-state index in [1.54, 1.807) is 0 Å². The van der Waals surface area contributed by atoms with Gasteiger partial charge in [0.25, 0.3) is 0 Å². The first-order valence-corrected chi connectivity index (χ1v) is 6.34. The topological polar surface area (TPSA) is 46.3 Å². The number of hydrogen-bond donors (Lipinski definition) is 1. The fourth-order valence-corrected chi connectivity index (χ4v) is 3.01. The minimum absolute atomic E-state index is 0. The molecule has 1 aliphatic heterocycles. The van der Waals surface area contributed by atoms with Crippen LogP contribution in [0.25, 0.3) is 0 Å². The van der Waals surface area contributed by atoms with Crippen molar-refractivity contribution in [3.8, 4) is 0 Å². The van der Waals surface area contributed by atoms with Gasteiger partial charge in [-0.2, -0.15) is 0 Å². The predicted octanol–water partition coefficient (Wildman–Crippen LogP) is 2.22. The number of carbonyl (C=O) groups excluding carboxylic acids is 1. The summed E-state index contributed by atoms with van der Waals surface area (Å²) >= 11 is 0. The first-order valence-electron chi connectivity index (χ1n) is 6.34. The van der Waals surface area contributed by atoms with Crippen LogP contribution in [-0.2, 0) is 17.9 Å². The number of benzene rings is 1. The van der Waals surface area contributed by atoms with E-state index in [0.717, 1.165) is 38.8 Å². The van der Waals surface area contributed by atoms with Gasteiger partial charge in [-0.15, -0.1) is 12.4 Å². The molecule has 0 bridgehead atoms. The van der Waals surface area contributed by atoms with Gasteiger partial charge in [0.15, 0.2) is 0 Å². The molecule has 4 heteroatoms. The van der Waals surface area contributed by atoms with Gasteiger partial charge >= 0.3 is 0 Å². The lowest BCUT2D eigenvalue weighted by Gasteiger charge is -2.28. The van der Waals surface area contributed by atoms with E-state index in [2.05, 4.69) is 12.1 Å². The molecule has 3 nitrogen and oxygen atoms in total. The summed E-state index contributed by atoms with van der Waals surface area (Å²) in [6.07, 6.45) is 3.86. The minimum Gasteiger partial charge on any atom is -0.332 e. The fourth-order valence-electron chi connectivity index (χ4n) is 3.01. The lowest BCUT2D eigenvalue weighted by molar-refractivity contribution is -0.137. The number of nitrogens with two attached hydrogens (primary N) is 1. The van der Waals surface area contributed by atoms with Crippen LogP contribution in [-0.4, -0.2) is 16.3 Å². The van der Waals surface area contributed by atoms with Crippen molar-refractivity contribution in [1.82, 2.24) is 4.90 Å². The van der Waals surface area contributed by atoms with Gasteiger partial charge in [0, 0.05) is 13.1 Å². The van der Waals surface area contributed by atoms with Crippen molar-refractivity contribution in [2.24, 2.45) is 5.73 Å². The normalized spacial score (nSPS) is 20.4. The van der Waals surface area contributed by atoms with Crippen LogP contribution >= 0.6 is 12.4 Å². The average molecular weight is 267 g/mol. The first-order chi connectivity index (χ1) is 8.19. The molecule has 0 aromatic heterocycles. The molecule has 0 spiro atoms. The van der Waals surface area contributed by atoms with Gasteiger partial charge in [-0.1, -0.05) is 37.1 Å². The summed E-state index contributed by atoms with van der Waals surface area (Å²) in [7, 11) is 0. The summed E-state index contributed by atoms with van der Waals surface area (Å²) < 4.78 is 0. The standard InChI is InChI=1S/C14H18N2O.ClH/c15-14(7-3-4-8-14)13(17)16-9-11-5-1-2-6-12(11)10-16;/h1-2,5-6H,3-4,7-10,15H2;1H. The van der Waals surface area contributed by atoms with Gasteiger partial charge in [-0.3, -0.25) is 4.79 Å². The Morgan fingerprint density at radius 3 is 2.11 bits per heavy atom. The number of amides is 1. The Balaban J connectivity index is 0.00000120. The van der Waals surface area contributed by atoms with E-state index in [-0.39, 0.29) is 18.3 Å². The van der Waals surface area contributed by atoms with E-state index in [1.807, 2.05) is 17.0 Å². The van der Waals surface area contributed by atoms with Crippen molar-refractivity contribution in [1.29, 1.82) is 0 Å². The van der Waals surface area contributed by atoms with E-state index in [9.17, 15) is 4.79 Å².